The van der Waals surface area contributed by atoms with Gasteiger partial charge in [-0.25, -0.2) is 18.4 Å². The van der Waals surface area contributed by atoms with Crippen molar-refractivity contribution in [2.75, 3.05) is 12.3 Å². The Hall–Kier alpha value is -4.44. The number of benzene rings is 2. The first kappa shape index (κ1) is 27.1. The highest BCUT2D eigenvalue weighted by molar-refractivity contribution is 5.96. The fraction of sp³-hybridized carbons (Fsp3) is 0.267. The third-order valence-electron chi connectivity index (χ3n) is 6.96. The number of hydrogen-bond acceptors (Lipinski definition) is 6. The summed E-state index contributed by atoms with van der Waals surface area (Å²) in [6, 6.07) is 10.9. The summed E-state index contributed by atoms with van der Waals surface area (Å²) in [7, 11) is 1.87. The molecule has 40 heavy (non-hydrogen) atoms. The van der Waals surface area contributed by atoms with Gasteiger partial charge in [-0.3, -0.25) is 9.67 Å². The smallest absolute Gasteiger partial charge is 0.181 e. The lowest BCUT2D eigenvalue weighted by atomic mass is 9.94. The Kier molecular flexibility index (Phi) is 7.20. The Bertz CT molecular complexity index is 1750. The van der Waals surface area contributed by atoms with Gasteiger partial charge in [-0.05, 0) is 49.6 Å². The Balaban J connectivity index is 1.56. The number of rotatable bonds is 7. The van der Waals surface area contributed by atoms with E-state index in [-0.39, 0.29) is 18.0 Å². The third-order valence-corrected chi connectivity index (χ3v) is 6.96. The molecule has 1 atom stereocenters. The number of aromatic nitrogens is 5. The molecule has 0 saturated heterocycles. The third kappa shape index (κ3) is 4.98. The molecule has 2 aromatic carbocycles. The number of fused-ring (bicyclic) bond motifs is 1. The van der Waals surface area contributed by atoms with Gasteiger partial charge in [0.1, 0.15) is 0 Å². The normalized spacial score (nSPS) is 12.7. The molecule has 0 bridgehead atoms. The van der Waals surface area contributed by atoms with Gasteiger partial charge in [-0.1, -0.05) is 32.0 Å². The second-order valence-electron chi connectivity index (χ2n) is 10.2. The molecule has 0 aliphatic rings. The molecule has 0 radical (unpaired) electrons. The zero-order valence-corrected chi connectivity index (χ0v) is 23.0. The van der Waals surface area contributed by atoms with Crippen molar-refractivity contribution in [3.63, 3.8) is 0 Å². The molecule has 0 aliphatic carbocycles. The molecule has 0 spiro atoms. The number of pyridine rings is 1. The maximum atomic E-state index is 13.6. The molecule has 0 amide bonds. The summed E-state index contributed by atoms with van der Waals surface area (Å²) in [5, 5.41) is 20.9. The summed E-state index contributed by atoms with van der Waals surface area (Å²) in [4.78, 5) is 9.10. The van der Waals surface area contributed by atoms with Crippen molar-refractivity contribution in [1.29, 1.82) is 0 Å². The Morgan fingerprint density at radius 1 is 1.07 bits per heavy atom. The fourth-order valence-electron chi connectivity index (χ4n) is 5.01. The van der Waals surface area contributed by atoms with Crippen molar-refractivity contribution < 1.29 is 13.9 Å². The summed E-state index contributed by atoms with van der Waals surface area (Å²) < 4.78 is 30.6. The maximum absolute atomic E-state index is 13.6. The van der Waals surface area contributed by atoms with E-state index in [1.165, 1.54) is 6.07 Å². The average Bonchev–Trinajstić information content (AvgIpc) is 3.43. The molecule has 8 nitrogen and oxygen atoms in total. The number of aliphatic imine (C=N–C) groups is 1. The molecule has 10 heteroatoms. The quantitative estimate of drug-likeness (QED) is 0.206. The fourth-order valence-corrected chi connectivity index (χ4v) is 5.01. The van der Waals surface area contributed by atoms with Crippen LogP contribution in [0.1, 0.15) is 53.9 Å². The van der Waals surface area contributed by atoms with E-state index in [1.54, 1.807) is 17.0 Å². The van der Waals surface area contributed by atoms with Crippen LogP contribution >= 0.6 is 0 Å². The van der Waals surface area contributed by atoms with Gasteiger partial charge < -0.3 is 10.8 Å². The molecule has 3 heterocycles. The number of nitrogens with two attached hydrogens (primary N) is 1. The van der Waals surface area contributed by atoms with Gasteiger partial charge in [0.2, 0.25) is 0 Å². The van der Waals surface area contributed by atoms with Crippen molar-refractivity contribution in [1.82, 2.24) is 24.5 Å². The predicted molar refractivity (Wildman–Crippen MR) is 153 cm³/mol. The molecular weight excluding hydrogens is 512 g/mol. The number of hydrogen-bond donors (Lipinski definition) is 2. The summed E-state index contributed by atoms with van der Waals surface area (Å²) >= 11 is 0. The van der Waals surface area contributed by atoms with Crippen LogP contribution in [0.25, 0.3) is 28.0 Å². The van der Waals surface area contributed by atoms with Gasteiger partial charge in [0.05, 0.1) is 29.7 Å². The molecule has 5 rings (SSSR count). The number of aliphatic hydroxyl groups is 1. The van der Waals surface area contributed by atoms with Crippen molar-refractivity contribution in [3.05, 3.63) is 88.4 Å². The standard InChI is InChI=1S/C30H31F2N7O/c1-16(2)28-18(4)39(26-12-20-15-38(5)37-30(20)35-17(26)3)36-29(28)21-7-6-8-25(33)22(21)13-34-14-27(40)19-9-10-23(31)24(32)11-19/h6-13,15-16,27,40H,14,33H2,1-5H3/t27-/m0/s1. The summed E-state index contributed by atoms with van der Waals surface area (Å²) in [5.41, 5.74) is 13.7. The van der Waals surface area contributed by atoms with Crippen molar-refractivity contribution in [2.45, 2.75) is 39.7 Å². The highest BCUT2D eigenvalue weighted by Crippen LogP contribution is 2.36. The number of halogens is 2. The van der Waals surface area contributed by atoms with E-state index < -0.39 is 17.7 Å². The topological polar surface area (TPSA) is 107 Å². The highest BCUT2D eigenvalue weighted by atomic mass is 19.2. The largest absolute Gasteiger partial charge is 0.398 e. The van der Waals surface area contributed by atoms with Crippen molar-refractivity contribution in [2.24, 2.45) is 12.0 Å². The van der Waals surface area contributed by atoms with Crippen LogP contribution in [0.15, 0.2) is 53.7 Å². The maximum Gasteiger partial charge on any atom is 0.181 e. The van der Waals surface area contributed by atoms with E-state index in [0.29, 0.717) is 16.9 Å². The van der Waals surface area contributed by atoms with Gasteiger partial charge in [0.15, 0.2) is 17.3 Å². The van der Waals surface area contributed by atoms with Crippen LogP contribution in [0.2, 0.25) is 0 Å². The molecule has 0 aliphatic heterocycles. The first-order chi connectivity index (χ1) is 19.0. The summed E-state index contributed by atoms with van der Waals surface area (Å²) in [6.45, 7) is 8.16. The van der Waals surface area contributed by atoms with Crippen molar-refractivity contribution in [3.8, 4) is 16.9 Å². The minimum atomic E-state index is -1.11. The molecule has 0 fully saturated rings. The molecular formula is C30H31F2N7O. The van der Waals surface area contributed by atoms with Crippen LogP contribution in [0.4, 0.5) is 14.5 Å². The van der Waals surface area contributed by atoms with Crippen LogP contribution in [0.5, 0.6) is 0 Å². The molecule has 206 valence electrons. The van der Waals surface area contributed by atoms with E-state index in [0.717, 1.165) is 51.4 Å². The van der Waals surface area contributed by atoms with Gasteiger partial charge in [-0.15, -0.1) is 0 Å². The molecule has 0 unspecified atom stereocenters. The van der Waals surface area contributed by atoms with Gasteiger partial charge in [0.25, 0.3) is 0 Å². The van der Waals surface area contributed by atoms with E-state index in [1.807, 2.05) is 50.0 Å². The molecule has 3 aromatic heterocycles. The zero-order valence-electron chi connectivity index (χ0n) is 23.0. The monoisotopic (exact) mass is 543 g/mol. The molecule has 0 saturated carbocycles. The van der Waals surface area contributed by atoms with E-state index >= 15 is 0 Å². The average molecular weight is 544 g/mol. The highest BCUT2D eigenvalue weighted by Gasteiger charge is 2.23. The van der Waals surface area contributed by atoms with Gasteiger partial charge in [0, 0.05) is 52.9 Å². The van der Waals surface area contributed by atoms with Crippen molar-refractivity contribution >= 4 is 22.9 Å². The minimum absolute atomic E-state index is 0.0562. The Labute approximate surface area is 230 Å². The number of anilines is 1. The zero-order chi connectivity index (χ0) is 28.7. The lowest BCUT2D eigenvalue weighted by Crippen LogP contribution is -2.04. The van der Waals surface area contributed by atoms with Crippen LogP contribution < -0.4 is 5.73 Å². The SMILES string of the molecule is Cc1nc2nn(C)cc2cc1-n1nc(-c2cccc(N)c2C=NC[C@H](O)c2ccc(F)c(F)c2)c(C(C)C)c1C. The predicted octanol–water partition coefficient (Wildman–Crippen LogP) is 5.57. The summed E-state index contributed by atoms with van der Waals surface area (Å²) in [6.07, 6.45) is 2.42. The first-order valence-electron chi connectivity index (χ1n) is 13.0. The van der Waals surface area contributed by atoms with Crippen LogP contribution in [0.3, 0.4) is 0 Å². The minimum Gasteiger partial charge on any atom is -0.398 e. The number of nitrogens with zero attached hydrogens (tertiary/aromatic N) is 6. The van der Waals surface area contributed by atoms with E-state index in [4.69, 9.17) is 15.8 Å². The lowest BCUT2D eigenvalue weighted by molar-refractivity contribution is 0.187. The molecule has 5 aromatic rings. The van der Waals surface area contributed by atoms with Crippen LogP contribution in [-0.4, -0.2) is 42.4 Å². The van der Waals surface area contributed by atoms with E-state index in [2.05, 4.69) is 23.9 Å². The van der Waals surface area contributed by atoms with E-state index in [9.17, 15) is 13.9 Å². The van der Waals surface area contributed by atoms with Gasteiger partial charge >= 0.3 is 0 Å². The molecule has 3 N–H and O–H groups in total. The number of aliphatic hydroxyl groups excluding tert-OH is 1. The van der Waals surface area contributed by atoms with Crippen LogP contribution in [0, 0.1) is 25.5 Å². The second kappa shape index (κ2) is 10.6. The number of aryl methyl sites for hydroxylation is 2. The lowest BCUT2D eigenvalue weighted by Gasteiger charge is -2.12. The Morgan fingerprint density at radius 2 is 1.85 bits per heavy atom. The first-order valence-corrected chi connectivity index (χ1v) is 13.0. The second-order valence-corrected chi connectivity index (χ2v) is 10.2. The number of nitrogen functional groups attached to an aromatic ring is 1. The van der Waals surface area contributed by atoms with Crippen LogP contribution in [-0.2, 0) is 7.05 Å². The summed E-state index contributed by atoms with van der Waals surface area (Å²) in [5.74, 6) is -1.83. The van der Waals surface area contributed by atoms with Gasteiger partial charge in [-0.2, -0.15) is 10.2 Å². The Morgan fingerprint density at radius 3 is 2.58 bits per heavy atom.